The van der Waals surface area contributed by atoms with Crippen LogP contribution in [-0.2, 0) is 10.2 Å². The van der Waals surface area contributed by atoms with E-state index < -0.39 is 17.4 Å². The summed E-state index contributed by atoms with van der Waals surface area (Å²) in [5.41, 5.74) is 2.95. The lowest BCUT2D eigenvalue weighted by Gasteiger charge is -2.39. The lowest BCUT2D eigenvalue weighted by atomic mass is 9.63. The monoisotopic (exact) mass is 581 g/mol. The summed E-state index contributed by atoms with van der Waals surface area (Å²) in [7, 11) is 1.44. The Morgan fingerprint density at radius 1 is 1.07 bits per heavy atom. The number of nitrogens with one attached hydrogen (secondary N) is 3. The van der Waals surface area contributed by atoms with Gasteiger partial charge in [0.05, 0.1) is 24.4 Å². The Hall–Kier alpha value is -3.26. The van der Waals surface area contributed by atoms with E-state index in [1.54, 1.807) is 6.07 Å². The van der Waals surface area contributed by atoms with Crippen LogP contribution < -0.4 is 20.7 Å². The Morgan fingerprint density at radius 3 is 2.50 bits per heavy atom. The van der Waals surface area contributed by atoms with Crippen LogP contribution in [-0.4, -0.2) is 42.7 Å². The van der Waals surface area contributed by atoms with E-state index in [-0.39, 0.29) is 34.6 Å². The number of fused-ring (bicyclic) bond motifs is 2. The topological polar surface area (TPSA) is 99.7 Å². The normalized spacial score (nSPS) is 23.5. The van der Waals surface area contributed by atoms with Crippen molar-refractivity contribution in [2.75, 3.05) is 24.3 Å². The maximum atomic E-state index is 14.2. The smallest absolute Gasteiger partial charge is 0.335 e. The van der Waals surface area contributed by atoms with Crippen LogP contribution in [0.1, 0.15) is 54.6 Å². The molecule has 2 heterocycles. The molecule has 0 unspecified atom stereocenters. The highest BCUT2D eigenvalue weighted by molar-refractivity contribution is 6.31. The maximum Gasteiger partial charge on any atom is 0.335 e. The summed E-state index contributed by atoms with van der Waals surface area (Å²) in [5, 5.41) is 21.0. The number of aromatic carboxylic acids is 1. The third-order valence-corrected chi connectivity index (χ3v) is 8.43. The number of carbonyl (C=O) groups is 2. The molecule has 0 saturated carbocycles. The van der Waals surface area contributed by atoms with Gasteiger partial charge in [-0.05, 0) is 71.5 Å². The van der Waals surface area contributed by atoms with E-state index in [0.29, 0.717) is 22.3 Å². The average Bonchev–Trinajstić information content (AvgIpc) is 3.41. The van der Waals surface area contributed by atoms with E-state index in [9.17, 15) is 14.7 Å². The van der Waals surface area contributed by atoms with Crippen molar-refractivity contribution in [1.29, 1.82) is 0 Å². The highest BCUT2D eigenvalue weighted by atomic mass is 35.5. The number of carboxylic acids is 1. The van der Waals surface area contributed by atoms with E-state index in [0.717, 1.165) is 23.2 Å². The first-order chi connectivity index (χ1) is 18.9. The zero-order valence-corrected chi connectivity index (χ0v) is 24.4. The van der Waals surface area contributed by atoms with Crippen molar-refractivity contribution >= 4 is 46.5 Å². The third kappa shape index (κ3) is 5.14. The van der Waals surface area contributed by atoms with Crippen LogP contribution in [0.15, 0.2) is 60.7 Å². The van der Waals surface area contributed by atoms with Crippen LogP contribution in [0.5, 0.6) is 5.75 Å². The van der Waals surface area contributed by atoms with Gasteiger partial charge in [0, 0.05) is 39.7 Å². The van der Waals surface area contributed by atoms with Crippen molar-refractivity contribution in [1.82, 2.24) is 5.32 Å². The van der Waals surface area contributed by atoms with E-state index in [1.807, 2.05) is 42.5 Å². The second-order valence-corrected chi connectivity index (χ2v) is 12.7. The van der Waals surface area contributed by atoms with E-state index in [1.165, 1.54) is 19.2 Å². The van der Waals surface area contributed by atoms with E-state index in [4.69, 9.17) is 27.9 Å². The molecule has 0 radical (unpaired) electrons. The molecule has 3 aromatic rings. The lowest BCUT2D eigenvalue weighted by Crippen LogP contribution is -2.46. The van der Waals surface area contributed by atoms with Gasteiger partial charge in [-0.15, -0.1) is 0 Å². The summed E-state index contributed by atoms with van der Waals surface area (Å²) in [5.74, 6) is -1.36. The quantitative estimate of drug-likeness (QED) is 0.263. The maximum absolute atomic E-state index is 14.2. The van der Waals surface area contributed by atoms with Crippen LogP contribution in [0.3, 0.4) is 0 Å². The predicted molar refractivity (Wildman–Crippen MR) is 159 cm³/mol. The predicted octanol–water partition coefficient (Wildman–Crippen LogP) is 6.56. The number of hydrogen-bond donors (Lipinski definition) is 4. The van der Waals surface area contributed by atoms with E-state index in [2.05, 4.69) is 36.7 Å². The Balaban J connectivity index is 1.64. The summed E-state index contributed by atoms with van der Waals surface area (Å²) >= 11 is 13.1. The molecule has 2 aliphatic rings. The number of hydrogen-bond acceptors (Lipinski definition) is 5. The van der Waals surface area contributed by atoms with Crippen LogP contribution in [0, 0.1) is 5.41 Å². The zero-order chi connectivity index (χ0) is 28.8. The fraction of sp³-hybridized carbons (Fsp3) is 0.355. The second-order valence-electron chi connectivity index (χ2n) is 11.8. The van der Waals surface area contributed by atoms with Gasteiger partial charge in [-0.25, -0.2) is 4.79 Å². The molecule has 9 heteroatoms. The first-order valence-corrected chi connectivity index (χ1v) is 14.0. The average molecular weight is 583 g/mol. The molecular formula is C31H33Cl2N3O4. The molecule has 1 saturated heterocycles. The van der Waals surface area contributed by atoms with Gasteiger partial charge in [0.15, 0.2) is 0 Å². The summed E-state index contributed by atoms with van der Waals surface area (Å²) in [4.78, 5) is 25.7. The Morgan fingerprint density at radius 2 is 1.82 bits per heavy atom. The minimum absolute atomic E-state index is 0.0356. The van der Waals surface area contributed by atoms with E-state index >= 15 is 0 Å². The van der Waals surface area contributed by atoms with Crippen molar-refractivity contribution in [2.45, 2.75) is 50.6 Å². The summed E-state index contributed by atoms with van der Waals surface area (Å²) in [6.45, 7) is 7.20. The molecule has 4 atom stereocenters. The largest absolute Gasteiger partial charge is 0.495 e. The van der Waals surface area contributed by atoms with Gasteiger partial charge < -0.3 is 25.8 Å². The molecular weight excluding hydrogens is 549 g/mol. The fourth-order valence-corrected chi connectivity index (χ4v) is 6.74. The van der Waals surface area contributed by atoms with Gasteiger partial charge in [-0.2, -0.15) is 0 Å². The number of anilines is 2. The number of carbonyl (C=O) groups excluding carboxylic acids is 1. The van der Waals surface area contributed by atoms with Gasteiger partial charge in [0.2, 0.25) is 5.91 Å². The molecule has 210 valence electrons. The van der Waals surface area contributed by atoms with Gasteiger partial charge in [0.1, 0.15) is 5.75 Å². The number of rotatable bonds is 6. The number of halogens is 2. The SMILES string of the molecule is COc1cc(C(=O)O)ccc1NC(=O)[C@@H]1N[C@@H](CC(C)(C)C)[C@@]2(CNc3ccc(Cl)cc32)[C@H]1c1cccc(Cl)c1. The number of carboxylic acid groups (broad SMARTS) is 1. The zero-order valence-electron chi connectivity index (χ0n) is 22.8. The van der Waals surface area contributed by atoms with Crippen molar-refractivity contribution in [3.8, 4) is 5.75 Å². The van der Waals surface area contributed by atoms with Crippen molar-refractivity contribution in [3.63, 3.8) is 0 Å². The summed E-state index contributed by atoms with van der Waals surface area (Å²) < 4.78 is 5.43. The number of methoxy groups -OCH3 is 1. The second kappa shape index (κ2) is 10.6. The molecule has 1 amide bonds. The summed E-state index contributed by atoms with van der Waals surface area (Å²) in [6, 6.07) is 17.3. The van der Waals surface area contributed by atoms with Crippen LogP contribution in [0.2, 0.25) is 10.0 Å². The van der Waals surface area contributed by atoms with Crippen molar-refractivity contribution < 1.29 is 19.4 Å². The molecule has 1 fully saturated rings. The number of amides is 1. The fourth-order valence-electron chi connectivity index (χ4n) is 6.37. The van der Waals surface area contributed by atoms with Crippen LogP contribution >= 0.6 is 23.2 Å². The van der Waals surface area contributed by atoms with Gasteiger partial charge in [-0.3, -0.25) is 4.79 Å². The lowest BCUT2D eigenvalue weighted by molar-refractivity contribution is -0.118. The van der Waals surface area contributed by atoms with Crippen molar-refractivity contribution in [2.24, 2.45) is 5.41 Å². The molecule has 1 spiro atoms. The Labute approximate surface area is 244 Å². The molecule has 0 aliphatic carbocycles. The molecule has 3 aromatic carbocycles. The Kier molecular flexibility index (Phi) is 7.50. The molecule has 40 heavy (non-hydrogen) atoms. The highest BCUT2D eigenvalue weighted by Gasteiger charge is 2.61. The van der Waals surface area contributed by atoms with Gasteiger partial charge >= 0.3 is 5.97 Å². The van der Waals surface area contributed by atoms with Gasteiger partial charge in [-0.1, -0.05) is 56.1 Å². The molecule has 7 nitrogen and oxygen atoms in total. The first kappa shape index (κ1) is 28.3. The molecule has 0 aromatic heterocycles. The molecule has 4 N–H and O–H groups in total. The molecule has 2 aliphatic heterocycles. The standard InChI is InChI=1S/C31H33Cl2N3O4/c1-30(2,3)15-25-31(16-34-22-11-9-20(33)14-21(22)31)26(17-6-5-7-19(32)12-17)27(36-25)28(37)35-23-10-8-18(29(38)39)13-24(23)40-4/h5-14,25-27,34,36H,15-16H2,1-4H3,(H,35,37)(H,38,39)/t25-,26-,27+,31-/m0/s1. The highest BCUT2D eigenvalue weighted by Crippen LogP contribution is 2.56. The van der Waals surface area contributed by atoms with Crippen LogP contribution in [0.4, 0.5) is 11.4 Å². The summed E-state index contributed by atoms with van der Waals surface area (Å²) in [6.07, 6.45) is 0.804. The minimum Gasteiger partial charge on any atom is -0.495 e. The van der Waals surface area contributed by atoms with Crippen LogP contribution in [0.25, 0.3) is 0 Å². The molecule has 5 rings (SSSR count). The minimum atomic E-state index is -1.08. The Bertz CT molecular complexity index is 1470. The van der Waals surface area contributed by atoms with Crippen molar-refractivity contribution in [3.05, 3.63) is 87.4 Å². The first-order valence-electron chi connectivity index (χ1n) is 13.2. The third-order valence-electron chi connectivity index (χ3n) is 7.96. The number of ether oxygens (including phenoxy) is 1. The number of benzene rings is 3. The van der Waals surface area contributed by atoms with Gasteiger partial charge in [0.25, 0.3) is 0 Å². The molecule has 0 bridgehead atoms.